The standard InChI is InChI=1S/C14H31N3O2/c1-13(11-19-10-5-15-14(2,3)4)17-8-6-16(12-18)7-9-17/h13,15,18H,5-12H2,1-4H3. The highest BCUT2D eigenvalue weighted by Gasteiger charge is 2.20. The summed E-state index contributed by atoms with van der Waals surface area (Å²) in [6.45, 7) is 15.3. The van der Waals surface area contributed by atoms with Gasteiger partial charge in [-0.25, -0.2) is 0 Å². The summed E-state index contributed by atoms with van der Waals surface area (Å²) in [4.78, 5) is 4.50. The largest absolute Gasteiger partial charge is 0.381 e. The van der Waals surface area contributed by atoms with Gasteiger partial charge in [0.15, 0.2) is 0 Å². The van der Waals surface area contributed by atoms with Crippen molar-refractivity contribution in [3.8, 4) is 0 Å². The van der Waals surface area contributed by atoms with Gasteiger partial charge in [0, 0.05) is 44.3 Å². The van der Waals surface area contributed by atoms with Crippen LogP contribution in [0.4, 0.5) is 0 Å². The fourth-order valence-electron chi connectivity index (χ4n) is 2.20. The van der Waals surface area contributed by atoms with Gasteiger partial charge in [-0.3, -0.25) is 9.80 Å². The number of aliphatic hydroxyl groups is 1. The Balaban J connectivity index is 2.06. The van der Waals surface area contributed by atoms with Crippen LogP contribution >= 0.6 is 0 Å². The molecule has 1 rings (SSSR count). The molecule has 0 spiro atoms. The zero-order chi connectivity index (χ0) is 14.3. The van der Waals surface area contributed by atoms with E-state index in [4.69, 9.17) is 9.84 Å². The fraction of sp³-hybridized carbons (Fsp3) is 1.00. The lowest BCUT2D eigenvalue weighted by Crippen LogP contribution is -2.50. The maximum absolute atomic E-state index is 9.06. The number of rotatable bonds is 7. The lowest BCUT2D eigenvalue weighted by atomic mass is 10.1. The molecule has 0 saturated carbocycles. The van der Waals surface area contributed by atoms with Crippen LogP contribution in [-0.2, 0) is 4.74 Å². The summed E-state index contributed by atoms with van der Waals surface area (Å²) in [6, 6.07) is 0.454. The summed E-state index contributed by atoms with van der Waals surface area (Å²) in [7, 11) is 0. The first-order valence-corrected chi connectivity index (χ1v) is 7.32. The van der Waals surface area contributed by atoms with E-state index in [1.54, 1.807) is 0 Å². The zero-order valence-corrected chi connectivity index (χ0v) is 13.0. The van der Waals surface area contributed by atoms with Crippen LogP contribution in [-0.4, -0.2) is 79.2 Å². The average Bonchev–Trinajstić information content (AvgIpc) is 2.37. The number of hydrogen-bond donors (Lipinski definition) is 2. The first-order valence-electron chi connectivity index (χ1n) is 7.32. The second-order valence-corrected chi connectivity index (χ2v) is 6.40. The highest BCUT2D eigenvalue weighted by molar-refractivity contribution is 4.75. The van der Waals surface area contributed by atoms with Crippen molar-refractivity contribution in [3.63, 3.8) is 0 Å². The van der Waals surface area contributed by atoms with Gasteiger partial charge in [-0.15, -0.1) is 0 Å². The molecule has 1 aliphatic rings. The Morgan fingerprint density at radius 2 is 1.84 bits per heavy atom. The van der Waals surface area contributed by atoms with E-state index in [2.05, 4.69) is 42.8 Å². The Hall–Kier alpha value is -0.200. The molecular formula is C14H31N3O2. The summed E-state index contributed by atoms with van der Waals surface area (Å²) in [6.07, 6.45) is 0. The van der Waals surface area contributed by atoms with Gasteiger partial charge in [0.05, 0.1) is 19.9 Å². The molecule has 0 aliphatic carbocycles. The summed E-state index contributed by atoms with van der Waals surface area (Å²) in [5, 5.41) is 12.5. The summed E-state index contributed by atoms with van der Waals surface area (Å²) >= 11 is 0. The summed E-state index contributed by atoms with van der Waals surface area (Å²) in [5.74, 6) is 0. The van der Waals surface area contributed by atoms with Crippen LogP contribution < -0.4 is 5.32 Å². The van der Waals surface area contributed by atoms with Crippen molar-refractivity contribution in [2.45, 2.75) is 39.3 Å². The minimum atomic E-state index is 0.162. The number of ether oxygens (including phenoxy) is 1. The Bertz CT molecular complexity index is 235. The molecule has 0 aromatic rings. The van der Waals surface area contributed by atoms with Crippen molar-refractivity contribution >= 4 is 0 Å². The number of nitrogens with one attached hydrogen (secondary N) is 1. The summed E-state index contributed by atoms with van der Waals surface area (Å²) in [5.41, 5.74) is 0.162. The molecule has 1 atom stereocenters. The molecule has 2 N–H and O–H groups in total. The van der Waals surface area contributed by atoms with Gasteiger partial charge in [-0.05, 0) is 27.7 Å². The molecule has 114 valence electrons. The molecule has 19 heavy (non-hydrogen) atoms. The van der Waals surface area contributed by atoms with E-state index in [-0.39, 0.29) is 12.3 Å². The van der Waals surface area contributed by atoms with Gasteiger partial charge in [-0.1, -0.05) is 0 Å². The van der Waals surface area contributed by atoms with Gasteiger partial charge in [0.25, 0.3) is 0 Å². The molecule has 0 bridgehead atoms. The second kappa shape index (κ2) is 8.17. The minimum Gasteiger partial charge on any atom is -0.381 e. The molecule has 0 aromatic heterocycles. The molecule has 1 unspecified atom stereocenters. The van der Waals surface area contributed by atoms with Crippen molar-refractivity contribution in [2.75, 3.05) is 52.7 Å². The molecule has 0 aromatic carbocycles. The van der Waals surface area contributed by atoms with Crippen LogP contribution in [0.1, 0.15) is 27.7 Å². The molecule has 0 amide bonds. The van der Waals surface area contributed by atoms with Crippen molar-refractivity contribution < 1.29 is 9.84 Å². The number of nitrogens with zero attached hydrogens (tertiary/aromatic N) is 2. The van der Waals surface area contributed by atoms with Crippen molar-refractivity contribution in [2.24, 2.45) is 0 Å². The van der Waals surface area contributed by atoms with E-state index in [1.807, 2.05) is 0 Å². The van der Waals surface area contributed by atoms with E-state index in [0.29, 0.717) is 6.04 Å². The summed E-state index contributed by atoms with van der Waals surface area (Å²) < 4.78 is 5.73. The molecule has 5 nitrogen and oxygen atoms in total. The van der Waals surface area contributed by atoms with Gasteiger partial charge in [0.1, 0.15) is 0 Å². The van der Waals surface area contributed by atoms with Crippen LogP contribution in [0, 0.1) is 0 Å². The van der Waals surface area contributed by atoms with Crippen molar-refractivity contribution in [1.82, 2.24) is 15.1 Å². The van der Waals surface area contributed by atoms with Crippen LogP contribution in [0.15, 0.2) is 0 Å². The Morgan fingerprint density at radius 1 is 1.21 bits per heavy atom. The zero-order valence-electron chi connectivity index (χ0n) is 13.0. The van der Waals surface area contributed by atoms with Crippen LogP contribution in [0.5, 0.6) is 0 Å². The van der Waals surface area contributed by atoms with E-state index in [1.165, 1.54) is 0 Å². The number of hydrogen-bond acceptors (Lipinski definition) is 5. The molecule has 0 radical (unpaired) electrons. The maximum Gasteiger partial charge on any atom is 0.0957 e. The first-order chi connectivity index (χ1) is 8.92. The third kappa shape index (κ3) is 7.22. The Labute approximate surface area is 117 Å². The van der Waals surface area contributed by atoms with Crippen LogP contribution in [0.25, 0.3) is 0 Å². The number of aliphatic hydroxyl groups excluding tert-OH is 1. The molecule has 1 heterocycles. The quantitative estimate of drug-likeness (QED) is 0.655. The number of piperazine rings is 1. The van der Waals surface area contributed by atoms with Gasteiger partial charge >= 0.3 is 0 Å². The van der Waals surface area contributed by atoms with E-state index < -0.39 is 0 Å². The SMILES string of the molecule is CC(COCCNC(C)(C)C)N1CCN(CO)CC1. The second-order valence-electron chi connectivity index (χ2n) is 6.40. The first kappa shape index (κ1) is 16.9. The van der Waals surface area contributed by atoms with E-state index >= 15 is 0 Å². The molecule has 1 saturated heterocycles. The molecule has 1 fully saturated rings. The third-order valence-corrected chi connectivity index (χ3v) is 3.49. The molecular weight excluding hydrogens is 242 g/mol. The highest BCUT2D eigenvalue weighted by atomic mass is 16.5. The Morgan fingerprint density at radius 3 is 2.37 bits per heavy atom. The Kier molecular flexibility index (Phi) is 7.25. The predicted octanol–water partition coefficient (Wildman–Crippen LogP) is 0.347. The van der Waals surface area contributed by atoms with Gasteiger partial charge in [-0.2, -0.15) is 0 Å². The third-order valence-electron chi connectivity index (χ3n) is 3.49. The topological polar surface area (TPSA) is 48.0 Å². The lowest BCUT2D eigenvalue weighted by molar-refractivity contribution is 0.0137. The predicted molar refractivity (Wildman–Crippen MR) is 78.3 cm³/mol. The van der Waals surface area contributed by atoms with Crippen molar-refractivity contribution in [3.05, 3.63) is 0 Å². The van der Waals surface area contributed by atoms with Crippen LogP contribution in [0.3, 0.4) is 0 Å². The van der Waals surface area contributed by atoms with Gasteiger partial charge in [0.2, 0.25) is 0 Å². The minimum absolute atomic E-state index is 0.162. The monoisotopic (exact) mass is 273 g/mol. The average molecular weight is 273 g/mol. The molecule has 1 aliphatic heterocycles. The van der Waals surface area contributed by atoms with Gasteiger partial charge < -0.3 is 15.2 Å². The molecule has 5 heteroatoms. The van der Waals surface area contributed by atoms with Crippen molar-refractivity contribution in [1.29, 1.82) is 0 Å². The normalized spacial score (nSPS) is 20.7. The van der Waals surface area contributed by atoms with E-state index in [0.717, 1.165) is 45.9 Å². The highest BCUT2D eigenvalue weighted by Crippen LogP contribution is 2.06. The van der Waals surface area contributed by atoms with E-state index in [9.17, 15) is 0 Å². The fourth-order valence-corrected chi connectivity index (χ4v) is 2.20. The van der Waals surface area contributed by atoms with Crippen LogP contribution in [0.2, 0.25) is 0 Å². The lowest BCUT2D eigenvalue weighted by Gasteiger charge is -2.37. The maximum atomic E-state index is 9.06. The smallest absolute Gasteiger partial charge is 0.0957 e.